The maximum atomic E-state index is 12.7. The third kappa shape index (κ3) is 4.40. The summed E-state index contributed by atoms with van der Waals surface area (Å²) in [6, 6.07) is 14.8. The second-order valence-electron chi connectivity index (χ2n) is 7.59. The highest BCUT2D eigenvalue weighted by atomic mass is 32.1. The lowest BCUT2D eigenvalue weighted by Crippen LogP contribution is -2.33. The van der Waals surface area contributed by atoms with Crippen molar-refractivity contribution in [3.05, 3.63) is 70.7 Å². The zero-order chi connectivity index (χ0) is 22.7. The molecule has 8 heteroatoms. The van der Waals surface area contributed by atoms with Crippen LogP contribution in [0.25, 0.3) is 10.6 Å². The van der Waals surface area contributed by atoms with Crippen LogP contribution >= 0.6 is 11.3 Å². The molecule has 1 aliphatic heterocycles. The van der Waals surface area contributed by atoms with Gasteiger partial charge in [0.05, 0.1) is 36.5 Å². The summed E-state index contributed by atoms with van der Waals surface area (Å²) in [5.74, 6) is -1.42. The summed E-state index contributed by atoms with van der Waals surface area (Å²) in [5.41, 5.74) is 3.77. The molecule has 1 fully saturated rings. The van der Waals surface area contributed by atoms with Crippen molar-refractivity contribution in [2.75, 3.05) is 18.6 Å². The highest BCUT2D eigenvalue weighted by Crippen LogP contribution is 2.29. The topological polar surface area (TPSA) is 88.6 Å². The van der Waals surface area contributed by atoms with Crippen molar-refractivity contribution in [3.8, 4) is 10.6 Å². The lowest BCUT2D eigenvalue weighted by atomic mass is 10.1. The van der Waals surface area contributed by atoms with Crippen LogP contribution in [0.1, 0.15) is 28.0 Å². The second kappa shape index (κ2) is 9.32. The molecule has 1 atom stereocenters. The Morgan fingerprint density at radius 1 is 1.19 bits per heavy atom. The minimum absolute atomic E-state index is 0.0901. The summed E-state index contributed by atoms with van der Waals surface area (Å²) >= 11 is 1.54. The summed E-state index contributed by atoms with van der Waals surface area (Å²) < 4.78 is 4.81. The van der Waals surface area contributed by atoms with Crippen molar-refractivity contribution in [2.24, 2.45) is 5.92 Å². The van der Waals surface area contributed by atoms with Crippen LogP contribution in [0.4, 0.5) is 5.69 Å². The van der Waals surface area contributed by atoms with Crippen molar-refractivity contribution in [1.82, 2.24) is 10.3 Å². The van der Waals surface area contributed by atoms with Crippen LogP contribution in [-0.2, 0) is 20.9 Å². The molecule has 2 aromatic carbocycles. The molecule has 3 aromatic rings. The summed E-state index contributed by atoms with van der Waals surface area (Å²) in [5, 5.41) is 5.74. The first-order valence-electron chi connectivity index (χ1n) is 10.2. The van der Waals surface area contributed by atoms with Gasteiger partial charge in [-0.15, -0.1) is 11.3 Å². The van der Waals surface area contributed by atoms with E-state index in [4.69, 9.17) is 4.74 Å². The Labute approximate surface area is 190 Å². The number of methoxy groups -OCH3 is 1. The van der Waals surface area contributed by atoms with E-state index in [2.05, 4.69) is 10.3 Å². The number of carbonyl (C=O) groups is 3. The number of hydrogen-bond acceptors (Lipinski definition) is 6. The summed E-state index contributed by atoms with van der Waals surface area (Å²) in [6.45, 7) is 2.55. The van der Waals surface area contributed by atoms with Gasteiger partial charge in [0.1, 0.15) is 5.01 Å². The molecule has 1 unspecified atom stereocenters. The van der Waals surface area contributed by atoms with E-state index in [0.717, 1.165) is 21.8 Å². The number of benzene rings is 2. The summed E-state index contributed by atoms with van der Waals surface area (Å²) in [6.07, 6.45) is 0.0901. The van der Waals surface area contributed by atoms with Crippen molar-refractivity contribution in [1.29, 1.82) is 0 Å². The number of esters is 1. The van der Waals surface area contributed by atoms with Gasteiger partial charge in [-0.3, -0.25) is 9.59 Å². The average molecular weight is 450 g/mol. The molecule has 7 nitrogen and oxygen atoms in total. The molecule has 1 N–H and O–H groups in total. The van der Waals surface area contributed by atoms with Gasteiger partial charge in [0.25, 0.3) is 0 Å². The van der Waals surface area contributed by atoms with Crippen molar-refractivity contribution in [3.63, 3.8) is 0 Å². The number of thiazole rings is 1. The number of aromatic nitrogens is 1. The van der Waals surface area contributed by atoms with Crippen LogP contribution in [0.3, 0.4) is 0 Å². The minimum atomic E-state index is -0.519. The predicted octanol–water partition coefficient (Wildman–Crippen LogP) is 3.57. The minimum Gasteiger partial charge on any atom is -0.465 e. The normalized spacial score (nSPS) is 15.6. The molecule has 1 aromatic heterocycles. The quantitative estimate of drug-likeness (QED) is 0.581. The standard InChI is InChI=1S/C24H23N3O4S/c1-15-7-3-4-8-18(15)23-26-17(14-32-23)12-25-22(29)16-11-21(28)27(13-16)20-10-6-5-9-19(20)24(30)31-2/h3-10,14,16H,11-13H2,1-2H3,(H,25,29). The van der Waals surface area contributed by atoms with E-state index < -0.39 is 11.9 Å². The SMILES string of the molecule is COC(=O)c1ccccc1N1CC(C(=O)NCc2csc(-c3ccccc3C)n2)CC1=O. The summed E-state index contributed by atoms with van der Waals surface area (Å²) in [4.78, 5) is 43.5. The van der Waals surface area contributed by atoms with E-state index in [1.807, 2.05) is 36.6 Å². The van der Waals surface area contributed by atoms with Crippen molar-refractivity contribution >= 4 is 34.8 Å². The Kier molecular flexibility index (Phi) is 6.32. The van der Waals surface area contributed by atoms with E-state index in [0.29, 0.717) is 17.8 Å². The van der Waals surface area contributed by atoms with Crippen LogP contribution in [-0.4, -0.2) is 36.4 Å². The Morgan fingerprint density at radius 3 is 2.72 bits per heavy atom. The maximum absolute atomic E-state index is 12.7. The number of hydrogen-bond donors (Lipinski definition) is 1. The second-order valence-corrected chi connectivity index (χ2v) is 8.45. The molecule has 0 spiro atoms. The van der Waals surface area contributed by atoms with Gasteiger partial charge < -0.3 is 15.0 Å². The molecule has 1 saturated heterocycles. The number of anilines is 1. The molecule has 2 heterocycles. The largest absolute Gasteiger partial charge is 0.465 e. The van der Waals surface area contributed by atoms with E-state index in [1.165, 1.54) is 23.3 Å². The number of aryl methyl sites for hydroxylation is 1. The molecule has 0 saturated carbocycles. The van der Waals surface area contributed by atoms with Crippen molar-refractivity contribution < 1.29 is 19.1 Å². The van der Waals surface area contributed by atoms with Gasteiger partial charge in [-0.1, -0.05) is 36.4 Å². The smallest absolute Gasteiger partial charge is 0.339 e. The lowest BCUT2D eigenvalue weighted by molar-refractivity contribution is -0.126. The molecule has 0 radical (unpaired) electrons. The van der Waals surface area contributed by atoms with Gasteiger partial charge in [0.2, 0.25) is 11.8 Å². The van der Waals surface area contributed by atoms with Crippen LogP contribution in [0.2, 0.25) is 0 Å². The molecule has 4 rings (SSSR count). The number of nitrogens with one attached hydrogen (secondary N) is 1. The fraction of sp³-hybridized carbons (Fsp3) is 0.250. The highest BCUT2D eigenvalue weighted by Gasteiger charge is 2.36. The fourth-order valence-electron chi connectivity index (χ4n) is 3.75. The third-order valence-electron chi connectivity index (χ3n) is 5.47. The van der Waals surface area contributed by atoms with Gasteiger partial charge >= 0.3 is 5.97 Å². The Balaban J connectivity index is 1.40. The van der Waals surface area contributed by atoms with Gasteiger partial charge in [0.15, 0.2) is 0 Å². The zero-order valence-electron chi connectivity index (χ0n) is 17.8. The highest BCUT2D eigenvalue weighted by molar-refractivity contribution is 7.13. The van der Waals surface area contributed by atoms with Crippen LogP contribution < -0.4 is 10.2 Å². The molecule has 2 amide bonds. The fourth-order valence-corrected chi connectivity index (χ4v) is 4.66. The number of carbonyl (C=O) groups excluding carboxylic acids is 3. The molecule has 0 aliphatic carbocycles. The van der Waals surface area contributed by atoms with Crippen LogP contribution in [0.5, 0.6) is 0 Å². The predicted molar refractivity (Wildman–Crippen MR) is 122 cm³/mol. The lowest BCUT2D eigenvalue weighted by Gasteiger charge is -2.19. The van der Waals surface area contributed by atoms with E-state index in [1.54, 1.807) is 24.3 Å². The van der Waals surface area contributed by atoms with Crippen LogP contribution in [0.15, 0.2) is 53.9 Å². The van der Waals surface area contributed by atoms with Crippen molar-refractivity contribution in [2.45, 2.75) is 19.9 Å². The van der Waals surface area contributed by atoms with Gasteiger partial charge in [-0.25, -0.2) is 9.78 Å². The van der Waals surface area contributed by atoms with Gasteiger partial charge in [0, 0.05) is 23.9 Å². The number of nitrogens with zero attached hydrogens (tertiary/aromatic N) is 2. The molecule has 1 aliphatic rings. The average Bonchev–Trinajstić information content (AvgIpc) is 3.44. The molecule has 32 heavy (non-hydrogen) atoms. The number of ether oxygens (including phenoxy) is 1. The Hall–Kier alpha value is -3.52. The van der Waals surface area contributed by atoms with E-state index >= 15 is 0 Å². The number of para-hydroxylation sites is 1. The van der Waals surface area contributed by atoms with E-state index in [9.17, 15) is 14.4 Å². The molecule has 164 valence electrons. The molecular formula is C24H23N3O4S. The summed E-state index contributed by atoms with van der Waals surface area (Å²) in [7, 11) is 1.30. The number of rotatable bonds is 6. The van der Waals surface area contributed by atoms with Crippen LogP contribution in [0, 0.1) is 12.8 Å². The first-order chi connectivity index (χ1) is 15.5. The monoisotopic (exact) mass is 449 g/mol. The third-order valence-corrected chi connectivity index (χ3v) is 6.39. The maximum Gasteiger partial charge on any atom is 0.339 e. The Bertz CT molecular complexity index is 1170. The molecule has 0 bridgehead atoms. The zero-order valence-corrected chi connectivity index (χ0v) is 18.6. The first kappa shape index (κ1) is 21.7. The Morgan fingerprint density at radius 2 is 1.94 bits per heavy atom. The van der Waals surface area contributed by atoms with E-state index in [-0.39, 0.29) is 24.8 Å². The first-order valence-corrected chi connectivity index (χ1v) is 11.1. The molecular weight excluding hydrogens is 426 g/mol. The van der Waals surface area contributed by atoms with Gasteiger partial charge in [-0.05, 0) is 24.6 Å². The van der Waals surface area contributed by atoms with Gasteiger partial charge in [-0.2, -0.15) is 0 Å². The number of amides is 2.